The highest BCUT2D eigenvalue weighted by Crippen LogP contribution is 2.19. The zero-order valence-corrected chi connectivity index (χ0v) is 7.35. The van der Waals surface area contributed by atoms with Crippen molar-refractivity contribution in [2.24, 2.45) is 0 Å². The number of aromatic hydroxyl groups is 1. The van der Waals surface area contributed by atoms with Crippen molar-refractivity contribution in [1.29, 1.82) is 0 Å². The van der Waals surface area contributed by atoms with Crippen molar-refractivity contribution in [3.63, 3.8) is 0 Å². The van der Waals surface area contributed by atoms with E-state index in [9.17, 15) is 14.7 Å². The van der Waals surface area contributed by atoms with Crippen LogP contribution in [0.5, 0.6) is 5.75 Å². The van der Waals surface area contributed by atoms with Crippen LogP contribution in [0.2, 0.25) is 0 Å². The third-order valence-electron chi connectivity index (χ3n) is 1.65. The molecule has 0 amide bonds. The lowest BCUT2D eigenvalue weighted by atomic mass is 10.1. The molecule has 1 aromatic rings. The fraction of sp³-hybridized carbons (Fsp3) is 0.111. The number of carbonyl (C=O) groups is 2. The van der Waals surface area contributed by atoms with E-state index in [0.29, 0.717) is 0 Å². The van der Waals surface area contributed by atoms with Gasteiger partial charge in [-0.1, -0.05) is 0 Å². The molecule has 5 nitrogen and oxygen atoms in total. The third-order valence-corrected chi connectivity index (χ3v) is 1.65. The second-order valence-electron chi connectivity index (χ2n) is 2.53. The van der Waals surface area contributed by atoms with E-state index in [4.69, 9.17) is 5.11 Å². The normalized spacial score (nSPS) is 9.50. The number of rotatable bonds is 2. The Labute approximate surface area is 79.6 Å². The molecule has 0 bridgehead atoms. The summed E-state index contributed by atoms with van der Waals surface area (Å²) in [4.78, 5) is 21.6. The molecule has 14 heavy (non-hydrogen) atoms. The van der Waals surface area contributed by atoms with Crippen molar-refractivity contribution in [2.45, 2.75) is 0 Å². The number of ether oxygens (including phenoxy) is 1. The van der Waals surface area contributed by atoms with E-state index >= 15 is 0 Å². The molecule has 1 rings (SSSR count). The van der Waals surface area contributed by atoms with Crippen LogP contribution in [0.1, 0.15) is 20.7 Å². The lowest BCUT2D eigenvalue weighted by Crippen LogP contribution is -2.04. The van der Waals surface area contributed by atoms with Crippen LogP contribution in [0.3, 0.4) is 0 Å². The molecule has 1 aromatic carbocycles. The molecule has 0 unspecified atom stereocenters. The number of methoxy groups -OCH3 is 1. The largest absolute Gasteiger partial charge is 0.507 e. The van der Waals surface area contributed by atoms with E-state index in [1.807, 2.05) is 0 Å². The van der Waals surface area contributed by atoms with Gasteiger partial charge in [0, 0.05) is 0 Å². The molecule has 5 heteroatoms. The first kappa shape index (κ1) is 10.0. The van der Waals surface area contributed by atoms with Crippen LogP contribution in [0.15, 0.2) is 18.2 Å². The van der Waals surface area contributed by atoms with Gasteiger partial charge in [-0.15, -0.1) is 0 Å². The number of carboxylic acids is 1. The number of hydrogen-bond donors (Lipinski definition) is 2. The molecule has 0 fully saturated rings. The second kappa shape index (κ2) is 3.78. The third kappa shape index (κ3) is 1.82. The van der Waals surface area contributed by atoms with E-state index in [1.54, 1.807) is 0 Å². The molecule has 0 spiro atoms. The maximum Gasteiger partial charge on any atom is 0.341 e. The first-order valence-electron chi connectivity index (χ1n) is 3.71. The monoisotopic (exact) mass is 196 g/mol. The minimum absolute atomic E-state index is 0.0804. The Bertz CT molecular complexity index is 383. The second-order valence-corrected chi connectivity index (χ2v) is 2.53. The van der Waals surface area contributed by atoms with Gasteiger partial charge in [0.15, 0.2) is 0 Å². The summed E-state index contributed by atoms with van der Waals surface area (Å²) in [6, 6.07) is 3.39. The number of esters is 1. The van der Waals surface area contributed by atoms with Crippen molar-refractivity contribution < 1.29 is 24.5 Å². The Morgan fingerprint density at radius 1 is 1.36 bits per heavy atom. The van der Waals surface area contributed by atoms with Crippen molar-refractivity contribution in [3.05, 3.63) is 29.3 Å². The SMILES string of the molecule is COC(=O)c1cc(C(=O)O)ccc1O. The number of phenolic OH excluding ortho intramolecular Hbond substituents is 1. The molecule has 0 aliphatic heterocycles. The molecular formula is C9H8O5. The number of phenols is 1. The number of carbonyl (C=O) groups excluding carboxylic acids is 1. The average molecular weight is 196 g/mol. The molecule has 0 saturated heterocycles. The van der Waals surface area contributed by atoms with Gasteiger partial charge in [-0.05, 0) is 18.2 Å². The highest BCUT2D eigenvalue weighted by Gasteiger charge is 2.14. The van der Waals surface area contributed by atoms with Gasteiger partial charge in [0.1, 0.15) is 11.3 Å². The molecule has 0 atom stereocenters. The van der Waals surface area contributed by atoms with Crippen LogP contribution < -0.4 is 0 Å². The van der Waals surface area contributed by atoms with Crippen LogP contribution in [0.25, 0.3) is 0 Å². The van der Waals surface area contributed by atoms with Gasteiger partial charge in [0.05, 0.1) is 12.7 Å². The highest BCUT2D eigenvalue weighted by molar-refractivity contribution is 5.96. The average Bonchev–Trinajstić information content (AvgIpc) is 2.17. The zero-order valence-electron chi connectivity index (χ0n) is 7.35. The summed E-state index contributed by atoms with van der Waals surface area (Å²) in [6.07, 6.45) is 0. The van der Waals surface area contributed by atoms with Gasteiger partial charge in [0.2, 0.25) is 0 Å². The molecule has 0 aromatic heterocycles. The Morgan fingerprint density at radius 2 is 2.00 bits per heavy atom. The van der Waals surface area contributed by atoms with E-state index in [0.717, 1.165) is 19.2 Å². The lowest BCUT2D eigenvalue weighted by molar-refractivity contribution is 0.0597. The van der Waals surface area contributed by atoms with Gasteiger partial charge in [0.25, 0.3) is 0 Å². The van der Waals surface area contributed by atoms with Gasteiger partial charge >= 0.3 is 11.9 Å². The number of benzene rings is 1. The van der Waals surface area contributed by atoms with Crippen molar-refractivity contribution in [3.8, 4) is 5.75 Å². The maximum atomic E-state index is 11.0. The summed E-state index contributed by atoms with van der Waals surface area (Å²) < 4.78 is 4.36. The number of hydrogen-bond acceptors (Lipinski definition) is 4. The predicted octanol–water partition coefficient (Wildman–Crippen LogP) is 0.877. The topological polar surface area (TPSA) is 83.8 Å². The van der Waals surface area contributed by atoms with Gasteiger partial charge in [-0.25, -0.2) is 9.59 Å². The van der Waals surface area contributed by atoms with Gasteiger partial charge < -0.3 is 14.9 Å². The van der Waals surface area contributed by atoms with Crippen LogP contribution in [0, 0.1) is 0 Å². The molecule has 0 heterocycles. The Balaban J connectivity index is 3.21. The Hall–Kier alpha value is -2.04. The molecular weight excluding hydrogens is 188 g/mol. The zero-order chi connectivity index (χ0) is 10.7. The van der Waals surface area contributed by atoms with Crippen LogP contribution in [0.4, 0.5) is 0 Å². The standard InChI is InChI=1S/C9H8O5/c1-14-9(13)6-4-5(8(11)12)2-3-7(6)10/h2-4,10H,1H3,(H,11,12). The number of carboxylic acid groups (broad SMARTS) is 1. The molecule has 0 aliphatic carbocycles. The van der Waals surface area contributed by atoms with Crippen LogP contribution >= 0.6 is 0 Å². The Morgan fingerprint density at radius 3 is 2.50 bits per heavy atom. The van der Waals surface area contributed by atoms with Crippen molar-refractivity contribution >= 4 is 11.9 Å². The van der Waals surface area contributed by atoms with Gasteiger partial charge in [-0.3, -0.25) is 0 Å². The fourth-order valence-corrected chi connectivity index (χ4v) is 0.943. The molecule has 0 saturated carbocycles. The summed E-state index contributed by atoms with van der Waals surface area (Å²) >= 11 is 0. The first-order valence-corrected chi connectivity index (χ1v) is 3.71. The Kier molecular flexibility index (Phi) is 2.71. The van der Waals surface area contributed by atoms with Crippen LogP contribution in [-0.4, -0.2) is 29.3 Å². The maximum absolute atomic E-state index is 11.0. The molecule has 0 aliphatic rings. The molecule has 0 radical (unpaired) electrons. The lowest BCUT2D eigenvalue weighted by Gasteiger charge is -2.03. The first-order chi connectivity index (χ1) is 6.56. The van der Waals surface area contributed by atoms with Crippen molar-refractivity contribution in [2.75, 3.05) is 7.11 Å². The minimum atomic E-state index is -1.17. The summed E-state index contributed by atoms with van der Waals surface area (Å²) in [6.45, 7) is 0. The van der Waals surface area contributed by atoms with E-state index < -0.39 is 11.9 Å². The smallest absolute Gasteiger partial charge is 0.341 e. The molecule has 74 valence electrons. The summed E-state index contributed by atoms with van der Waals surface area (Å²) in [5, 5.41) is 17.8. The quantitative estimate of drug-likeness (QED) is 0.686. The predicted molar refractivity (Wildman–Crippen MR) is 46.4 cm³/mol. The summed E-state index contributed by atoms with van der Waals surface area (Å²) in [5.41, 5.74) is -0.240. The molecule has 2 N–H and O–H groups in total. The minimum Gasteiger partial charge on any atom is -0.507 e. The fourth-order valence-electron chi connectivity index (χ4n) is 0.943. The highest BCUT2D eigenvalue weighted by atomic mass is 16.5. The summed E-state index contributed by atoms with van der Waals surface area (Å²) in [5.74, 6) is -2.25. The number of aromatic carboxylic acids is 1. The van der Waals surface area contributed by atoms with Crippen LogP contribution in [-0.2, 0) is 4.74 Å². The van der Waals surface area contributed by atoms with E-state index in [-0.39, 0.29) is 16.9 Å². The van der Waals surface area contributed by atoms with Crippen molar-refractivity contribution in [1.82, 2.24) is 0 Å². The van der Waals surface area contributed by atoms with Gasteiger partial charge in [-0.2, -0.15) is 0 Å². The van der Waals surface area contributed by atoms with E-state index in [2.05, 4.69) is 4.74 Å². The van der Waals surface area contributed by atoms with E-state index in [1.165, 1.54) is 6.07 Å². The summed E-state index contributed by atoms with van der Waals surface area (Å²) in [7, 11) is 1.15.